The molecule has 152 valence electrons. The molecular weight excluding hydrogens is 394 g/mol. The molecule has 0 unspecified atom stereocenters. The maximum atomic E-state index is 12.8. The van der Waals surface area contributed by atoms with Gasteiger partial charge < -0.3 is 20.3 Å². The van der Waals surface area contributed by atoms with Crippen molar-refractivity contribution in [1.82, 2.24) is 5.32 Å². The quantitative estimate of drug-likeness (QED) is 0.680. The summed E-state index contributed by atoms with van der Waals surface area (Å²) in [7, 11) is 1.55. The monoisotopic (exact) mass is 415 g/mol. The van der Waals surface area contributed by atoms with Crippen LogP contribution in [0.1, 0.15) is 16.8 Å². The number of anilines is 2. The zero-order valence-electron chi connectivity index (χ0n) is 16.0. The topological polar surface area (TPSA) is 87.7 Å². The molecule has 3 rings (SSSR count). The van der Waals surface area contributed by atoms with Gasteiger partial charge in [-0.25, -0.2) is 0 Å². The minimum absolute atomic E-state index is 0.0978. The van der Waals surface area contributed by atoms with Gasteiger partial charge in [0.1, 0.15) is 0 Å². The third-order valence-corrected chi connectivity index (χ3v) is 4.87. The van der Waals surface area contributed by atoms with Gasteiger partial charge in [0.15, 0.2) is 0 Å². The zero-order valence-corrected chi connectivity index (χ0v) is 16.7. The Labute approximate surface area is 174 Å². The molecule has 0 aromatic heterocycles. The second kappa shape index (κ2) is 9.54. The van der Waals surface area contributed by atoms with Crippen molar-refractivity contribution in [2.75, 3.05) is 37.0 Å². The lowest BCUT2D eigenvalue weighted by atomic mass is 10.1. The molecule has 1 atom stereocenters. The van der Waals surface area contributed by atoms with Crippen molar-refractivity contribution >= 4 is 40.7 Å². The number of nitrogens with one attached hydrogen (secondary N) is 2. The Kier molecular flexibility index (Phi) is 6.85. The van der Waals surface area contributed by atoms with Crippen LogP contribution >= 0.6 is 11.6 Å². The van der Waals surface area contributed by atoms with Gasteiger partial charge in [0.05, 0.1) is 23.8 Å². The van der Waals surface area contributed by atoms with Gasteiger partial charge in [0.2, 0.25) is 11.8 Å². The number of halogens is 1. The van der Waals surface area contributed by atoms with E-state index < -0.39 is 5.92 Å². The van der Waals surface area contributed by atoms with Crippen LogP contribution in [0, 0.1) is 5.92 Å². The lowest BCUT2D eigenvalue weighted by Crippen LogP contribution is -2.30. The molecule has 1 aliphatic rings. The normalized spacial score (nSPS) is 16.0. The summed E-state index contributed by atoms with van der Waals surface area (Å²) in [5, 5.41) is 6.05. The molecule has 0 aliphatic carbocycles. The van der Waals surface area contributed by atoms with E-state index in [0.717, 1.165) is 0 Å². The summed E-state index contributed by atoms with van der Waals surface area (Å²) in [6, 6.07) is 13.7. The van der Waals surface area contributed by atoms with E-state index in [1.165, 1.54) is 0 Å². The van der Waals surface area contributed by atoms with Crippen molar-refractivity contribution in [1.29, 1.82) is 0 Å². The van der Waals surface area contributed by atoms with Crippen LogP contribution in [-0.4, -0.2) is 44.5 Å². The van der Waals surface area contributed by atoms with Crippen molar-refractivity contribution in [2.24, 2.45) is 5.92 Å². The number of para-hydroxylation sites is 1. The molecule has 0 bridgehead atoms. The van der Waals surface area contributed by atoms with Crippen LogP contribution in [0.3, 0.4) is 0 Å². The predicted octanol–water partition coefficient (Wildman–Crippen LogP) is 2.71. The van der Waals surface area contributed by atoms with Gasteiger partial charge in [-0.15, -0.1) is 0 Å². The Morgan fingerprint density at radius 1 is 1.21 bits per heavy atom. The third kappa shape index (κ3) is 5.13. The first-order valence-corrected chi connectivity index (χ1v) is 9.60. The number of carbonyl (C=O) groups is 3. The molecule has 8 heteroatoms. The Hall–Kier alpha value is -2.90. The molecule has 0 radical (unpaired) electrons. The number of rotatable bonds is 7. The zero-order chi connectivity index (χ0) is 20.8. The van der Waals surface area contributed by atoms with Gasteiger partial charge in [0.25, 0.3) is 5.91 Å². The average Bonchev–Trinajstić information content (AvgIpc) is 3.10. The lowest BCUT2D eigenvalue weighted by molar-refractivity contribution is -0.122. The van der Waals surface area contributed by atoms with Gasteiger partial charge >= 0.3 is 0 Å². The third-order valence-electron chi connectivity index (χ3n) is 4.64. The van der Waals surface area contributed by atoms with Crippen LogP contribution in [0.4, 0.5) is 11.4 Å². The van der Waals surface area contributed by atoms with Crippen molar-refractivity contribution in [2.45, 2.75) is 6.42 Å². The number of carbonyl (C=O) groups excluding carboxylic acids is 3. The second-order valence-electron chi connectivity index (χ2n) is 6.67. The molecule has 29 heavy (non-hydrogen) atoms. The fourth-order valence-electron chi connectivity index (χ4n) is 3.16. The molecular formula is C21H22ClN3O4. The average molecular weight is 416 g/mol. The summed E-state index contributed by atoms with van der Waals surface area (Å²) in [5.74, 6) is -1.27. The Morgan fingerprint density at radius 2 is 2.00 bits per heavy atom. The molecule has 7 nitrogen and oxygen atoms in total. The van der Waals surface area contributed by atoms with Crippen LogP contribution in [-0.2, 0) is 14.3 Å². The van der Waals surface area contributed by atoms with Crippen LogP contribution in [0.2, 0.25) is 5.02 Å². The smallest absolute Gasteiger partial charge is 0.253 e. The summed E-state index contributed by atoms with van der Waals surface area (Å²) >= 11 is 6.01. The first kappa shape index (κ1) is 20.8. The first-order valence-electron chi connectivity index (χ1n) is 9.22. The summed E-state index contributed by atoms with van der Waals surface area (Å²) in [4.78, 5) is 39.1. The predicted molar refractivity (Wildman–Crippen MR) is 111 cm³/mol. The standard InChI is InChI=1S/C21H22ClN3O4/c1-29-10-9-23-21(28)17-7-2-3-8-18(17)24-20(27)14-11-19(26)25(13-14)16-6-4-5-15(22)12-16/h2-8,12,14H,9-11,13H2,1H3,(H,23,28)(H,24,27)/t14-/m0/s1. The van der Waals surface area contributed by atoms with Crippen molar-refractivity contribution in [3.05, 3.63) is 59.1 Å². The van der Waals surface area contributed by atoms with Gasteiger partial charge in [0, 0.05) is 37.3 Å². The van der Waals surface area contributed by atoms with Gasteiger partial charge in [-0.2, -0.15) is 0 Å². The number of methoxy groups -OCH3 is 1. The molecule has 3 amide bonds. The molecule has 1 fully saturated rings. The SMILES string of the molecule is COCCNC(=O)c1ccccc1NC(=O)[C@H]1CC(=O)N(c2cccc(Cl)c2)C1. The van der Waals surface area contributed by atoms with Crippen LogP contribution in [0.15, 0.2) is 48.5 Å². The van der Waals surface area contributed by atoms with E-state index >= 15 is 0 Å². The highest BCUT2D eigenvalue weighted by atomic mass is 35.5. The van der Waals surface area contributed by atoms with E-state index in [2.05, 4.69) is 10.6 Å². The molecule has 2 N–H and O–H groups in total. The van der Waals surface area contributed by atoms with E-state index in [4.69, 9.17) is 16.3 Å². The number of hydrogen-bond acceptors (Lipinski definition) is 4. The minimum Gasteiger partial charge on any atom is -0.383 e. The summed E-state index contributed by atoms with van der Waals surface area (Å²) < 4.78 is 4.93. The van der Waals surface area contributed by atoms with E-state index in [1.807, 2.05) is 0 Å². The summed E-state index contributed by atoms with van der Waals surface area (Å²) in [6.07, 6.45) is 0.0978. The second-order valence-corrected chi connectivity index (χ2v) is 7.11. The number of benzene rings is 2. The summed E-state index contributed by atoms with van der Waals surface area (Å²) in [5.41, 5.74) is 1.42. The molecule has 1 aliphatic heterocycles. The van der Waals surface area contributed by atoms with Crippen LogP contribution in [0.25, 0.3) is 0 Å². The van der Waals surface area contributed by atoms with E-state index in [9.17, 15) is 14.4 Å². The molecule has 1 saturated heterocycles. The van der Waals surface area contributed by atoms with E-state index in [1.54, 1.807) is 60.5 Å². The fraction of sp³-hybridized carbons (Fsp3) is 0.286. The highest BCUT2D eigenvalue weighted by Gasteiger charge is 2.35. The Morgan fingerprint density at radius 3 is 2.76 bits per heavy atom. The highest BCUT2D eigenvalue weighted by molar-refractivity contribution is 6.31. The minimum atomic E-state index is -0.522. The number of amides is 3. The molecule has 1 heterocycles. The maximum absolute atomic E-state index is 12.8. The van der Waals surface area contributed by atoms with E-state index in [0.29, 0.717) is 35.1 Å². The number of hydrogen-bond donors (Lipinski definition) is 2. The first-order chi connectivity index (χ1) is 14.0. The summed E-state index contributed by atoms with van der Waals surface area (Å²) in [6.45, 7) is 1.01. The molecule has 2 aromatic rings. The number of nitrogens with zero attached hydrogens (tertiary/aromatic N) is 1. The Bertz CT molecular complexity index is 918. The van der Waals surface area contributed by atoms with Gasteiger partial charge in [-0.05, 0) is 30.3 Å². The molecule has 0 saturated carbocycles. The van der Waals surface area contributed by atoms with E-state index in [-0.39, 0.29) is 30.7 Å². The van der Waals surface area contributed by atoms with Crippen molar-refractivity contribution in [3.63, 3.8) is 0 Å². The van der Waals surface area contributed by atoms with Crippen LogP contribution in [0.5, 0.6) is 0 Å². The lowest BCUT2D eigenvalue weighted by Gasteiger charge is -2.17. The van der Waals surface area contributed by atoms with Crippen molar-refractivity contribution < 1.29 is 19.1 Å². The highest BCUT2D eigenvalue weighted by Crippen LogP contribution is 2.28. The Balaban J connectivity index is 1.68. The number of ether oxygens (including phenoxy) is 1. The maximum Gasteiger partial charge on any atom is 0.253 e. The van der Waals surface area contributed by atoms with Gasteiger partial charge in [-0.1, -0.05) is 29.8 Å². The molecule has 2 aromatic carbocycles. The largest absolute Gasteiger partial charge is 0.383 e. The van der Waals surface area contributed by atoms with Crippen molar-refractivity contribution in [3.8, 4) is 0 Å². The van der Waals surface area contributed by atoms with Gasteiger partial charge in [-0.3, -0.25) is 14.4 Å². The van der Waals surface area contributed by atoms with Crippen LogP contribution < -0.4 is 15.5 Å². The fourth-order valence-corrected chi connectivity index (χ4v) is 3.35. The molecule has 0 spiro atoms.